The Labute approximate surface area is 139 Å². The fraction of sp³-hybridized carbons (Fsp3) is 0.263. The first kappa shape index (κ1) is 14.9. The van der Waals surface area contributed by atoms with Gasteiger partial charge in [-0.3, -0.25) is 4.79 Å². The third-order valence-corrected chi connectivity index (χ3v) is 4.71. The number of aliphatic hydroxyl groups is 1. The molecule has 1 unspecified atom stereocenters. The van der Waals surface area contributed by atoms with Crippen LogP contribution in [0.3, 0.4) is 0 Å². The molecule has 1 aromatic carbocycles. The molecule has 2 N–H and O–H groups in total. The van der Waals surface area contributed by atoms with Crippen molar-refractivity contribution in [3.63, 3.8) is 0 Å². The van der Waals surface area contributed by atoms with E-state index >= 15 is 0 Å². The van der Waals surface area contributed by atoms with E-state index in [-0.39, 0.29) is 18.6 Å². The van der Waals surface area contributed by atoms with Crippen molar-refractivity contribution >= 4 is 16.9 Å². The molecule has 5 heteroatoms. The maximum absolute atomic E-state index is 12.6. The molecule has 1 aliphatic heterocycles. The van der Waals surface area contributed by atoms with Crippen molar-refractivity contribution in [2.45, 2.75) is 18.9 Å². The van der Waals surface area contributed by atoms with Crippen molar-refractivity contribution in [3.8, 4) is 11.1 Å². The summed E-state index contributed by atoms with van der Waals surface area (Å²) in [6.45, 7) is 0.756. The molecule has 0 aliphatic carbocycles. The van der Waals surface area contributed by atoms with Gasteiger partial charge in [0.2, 0.25) is 0 Å². The minimum atomic E-state index is -0.0441. The fourth-order valence-electron chi connectivity index (χ4n) is 3.36. The predicted molar refractivity (Wildman–Crippen MR) is 92.7 cm³/mol. The van der Waals surface area contributed by atoms with Crippen LogP contribution in [0.15, 0.2) is 48.8 Å². The van der Waals surface area contributed by atoms with E-state index in [1.54, 1.807) is 4.90 Å². The Morgan fingerprint density at radius 3 is 2.88 bits per heavy atom. The first-order valence-corrected chi connectivity index (χ1v) is 8.21. The highest BCUT2D eigenvalue weighted by Gasteiger charge is 2.28. The number of aliphatic hydroxyl groups excluding tert-OH is 1. The molecule has 1 amide bonds. The number of carbonyl (C=O) groups is 1. The lowest BCUT2D eigenvalue weighted by atomic mass is 10.0. The van der Waals surface area contributed by atoms with Crippen LogP contribution in [0.25, 0.3) is 22.2 Å². The van der Waals surface area contributed by atoms with Gasteiger partial charge in [-0.05, 0) is 42.7 Å². The minimum absolute atomic E-state index is 0.00249. The second-order valence-corrected chi connectivity index (χ2v) is 6.19. The van der Waals surface area contributed by atoms with Gasteiger partial charge >= 0.3 is 0 Å². The van der Waals surface area contributed by atoms with Crippen LogP contribution in [0.1, 0.15) is 23.2 Å². The summed E-state index contributed by atoms with van der Waals surface area (Å²) < 4.78 is 0. The van der Waals surface area contributed by atoms with Crippen molar-refractivity contribution in [2.75, 3.05) is 13.2 Å². The second-order valence-electron chi connectivity index (χ2n) is 6.19. The van der Waals surface area contributed by atoms with E-state index in [4.69, 9.17) is 0 Å². The van der Waals surface area contributed by atoms with Crippen LogP contribution in [0.4, 0.5) is 0 Å². The molecule has 0 radical (unpaired) electrons. The van der Waals surface area contributed by atoms with Crippen LogP contribution in [0, 0.1) is 0 Å². The van der Waals surface area contributed by atoms with Gasteiger partial charge in [-0.15, -0.1) is 0 Å². The average Bonchev–Trinajstić information content (AvgIpc) is 3.29. The number of pyridine rings is 1. The standard InChI is InChI=1S/C19H19N3O2/c23-12-17-2-1-9-22(17)19(24)14-5-3-13(4-6-14)16-10-15-7-8-20-18(15)21-11-16/h3-8,10-11,17,23H,1-2,9,12H2,(H,20,21). The Hall–Kier alpha value is -2.66. The molecule has 1 atom stereocenters. The summed E-state index contributed by atoms with van der Waals surface area (Å²) in [6.07, 6.45) is 5.54. The highest BCUT2D eigenvalue weighted by molar-refractivity contribution is 5.95. The van der Waals surface area contributed by atoms with Gasteiger partial charge in [0.25, 0.3) is 5.91 Å². The minimum Gasteiger partial charge on any atom is -0.394 e. The Balaban J connectivity index is 1.59. The van der Waals surface area contributed by atoms with Gasteiger partial charge in [0.15, 0.2) is 0 Å². The molecule has 3 aromatic rings. The van der Waals surface area contributed by atoms with Gasteiger partial charge < -0.3 is 15.0 Å². The molecule has 0 bridgehead atoms. The molecule has 3 heterocycles. The van der Waals surface area contributed by atoms with Gasteiger partial charge in [-0.25, -0.2) is 4.98 Å². The largest absolute Gasteiger partial charge is 0.394 e. The number of hydrogen-bond donors (Lipinski definition) is 2. The number of nitrogens with one attached hydrogen (secondary N) is 1. The number of nitrogens with zero attached hydrogens (tertiary/aromatic N) is 2. The molecule has 122 valence electrons. The van der Waals surface area contributed by atoms with Crippen molar-refractivity contribution in [2.24, 2.45) is 0 Å². The van der Waals surface area contributed by atoms with Crippen LogP contribution in [-0.2, 0) is 0 Å². The van der Waals surface area contributed by atoms with E-state index in [9.17, 15) is 9.90 Å². The molecule has 1 fully saturated rings. The first-order valence-electron chi connectivity index (χ1n) is 8.21. The third kappa shape index (κ3) is 2.57. The number of likely N-dealkylation sites (tertiary alicyclic amines) is 1. The summed E-state index contributed by atoms with van der Waals surface area (Å²) in [6, 6.07) is 11.6. The van der Waals surface area contributed by atoms with E-state index in [0.717, 1.165) is 41.5 Å². The van der Waals surface area contributed by atoms with Crippen molar-refractivity contribution in [1.82, 2.24) is 14.9 Å². The van der Waals surface area contributed by atoms with Gasteiger partial charge in [0.1, 0.15) is 5.65 Å². The van der Waals surface area contributed by atoms with E-state index in [2.05, 4.69) is 16.0 Å². The SMILES string of the molecule is O=C(c1ccc(-c2cnc3[nH]ccc3c2)cc1)N1CCCC1CO. The third-order valence-electron chi connectivity index (χ3n) is 4.71. The fourth-order valence-corrected chi connectivity index (χ4v) is 3.36. The topological polar surface area (TPSA) is 69.2 Å². The van der Waals surface area contributed by atoms with Gasteiger partial charge in [0.05, 0.1) is 12.6 Å². The van der Waals surface area contributed by atoms with Crippen LogP contribution >= 0.6 is 0 Å². The highest BCUT2D eigenvalue weighted by Crippen LogP contribution is 2.24. The Kier molecular flexibility index (Phi) is 3.78. The summed E-state index contributed by atoms with van der Waals surface area (Å²) in [5.74, 6) is -0.00249. The monoisotopic (exact) mass is 321 g/mol. The Bertz CT molecular complexity index is 870. The number of amides is 1. The average molecular weight is 321 g/mol. The van der Waals surface area contributed by atoms with E-state index < -0.39 is 0 Å². The zero-order valence-corrected chi connectivity index (χ0v) is 13.3. The smallest absolute Gasteiger partial charge is 0.254 e. The van der Waals surface area contributed by atoms with E-state index in [1.807, 2.05) is 42.7 Å². The van der Waals surface area contributed by atoms with Crippen LogP contribution in [-0.4, -0.2) is 45.1 Å². The summed E-state index contributed by atoms with van der Waals surface area (Å²) in [7, 11) is 0. The second kappa shape index (κ2) is 6.09. The molecule has 5 nitrogen and oxygen atoms in total. The van der Waals surface area contributed by atoms with Crippen LogP contribution in [0.2, 0.25) is 0 Å². The Morgan fingerprint density at radius 1 is 1.25 bits per heavy atom. The molecular formula is C19H19N3O2. The zero-order chi connectivity index (χ0) is 16.5. The summed E-state index contributed by atoms with van der Waals surface area (Å²) in [5, 5.41) is 10.5. The molecular weight excluding hydrogens is 302 g/mol. The number of fused-ring (bicyclic) bond motifs is 1. The number of H-pyrrole nitrogens is 1. The van der Waals surface area contributed by atoms with Crippen LogP contribution < -0.4 is 0 Å². The highest BCUT2D eigenvalue weighted by atomic mass is 16.3. The zero-order valence-electron chi connectivity index (χ0n) is 13.3. The maximum Gasteiger partial charge on any atom is 0.254 e. The quantitative estimate of drug-likeness (QED) is 0.779. The lowest BCUT2D eigenvalue weighted by Crippen LogP contribution is -2.37. The Morgan fingerprint density at radius 2 is 2.08 bits per heavy atom. The molecule has 2 aromatic heterocycles. The normalized spacial score (nSPS) is 17.5. The number of carbonyl (C=O) groups excluding carboxylic acids is 1. The molecule has 1 saturated heterocycles. The lowest BCUT2D eigenvalue weighted by molar-refractivity contribution is 0.0677. The van der Waals surface area contributed by atoms with E-state index in [0.29, 0.717) is 5.56 Å². The molecule has 4 rings (SSSR count). The molecule has 24 heavy (non-hydrogen) atoms. The van der Waals surface area contributed by atoms with Crippen molar-refractivity contribution in [3.05, 3.63) is 54.4 Å². The summed E-state index contributed by atoms with van der Waals surface area (Å²) in [5.41, 5.74) is 3.59. The van der Waals surface area contributed by atoms with Crippen LogP contribution in [0.5, 0.6) is 0 Å². The molecule has 0 saturated carbocycles. The number of rotatable bonds is 3. The van der Waals surface area contributed by atoms with Gasteiger partial charge in [0, 0.05) is 35.5 Å². The number of hydrogen-bond acceptors (Lipinski definition) is 3. The predicted octanol–water partition coefficient (Wildman–Crippen LogP) is 2.83. The summed E-state index contributed by atoms with van der Waals surface area (Å²) in [4.78, 5) is 21.9. The van der Waals surface area contributed by atoms with Gasteiger partial charge in [-0.1, -0.05) is 12.1 Å². The number of benzene rings is 1. The number of aromatic amines is 1. The number of aromatic nitrogens is 2. The molecule has 0 spiro atoms. The van der Waals surface area contributed by atoms with Crippen molar-refractivity contribution in [1.29, 1.82) is 0 Å². The molecule has 1 aliphatic rings. The lowest BCUT2D eigenvalue weighted by Gasteiger charge is -2.23. The summed E-state index contributed by atoms with van der Waals surface area (Å²) >= 11 is 0. The first-order chi connectivity index (χ1) is 11.8. The van der Waals surface area contributed by atoms with Gasteiger partial charge in [-0.2, -0.15) is 0 Å². The van der Waals surface area contributed by atoms with E-state index in [1.165, 1.54) is 0 Å². The van der Waals surface area contributed by atoms with Crippen molar-refractivity contribution < 1.29 is 9.90 Å². The maximum atomic E-state index is 12.6.